The van der Waals surface area contributed by atoms with Crippen molar-refractivity contribution in [2.24, 2.45) is 11.8 Å². The first kappa shape index (κ1) is 14.7. The van der Waals surface area contributed by atoms with Gasteiger partial charge in [0.1, 0.15) is 0 Å². The van der Waals surface area contributed by atoms with Gasteiger partial charge in [0.25, 0.3) is 0 Å². The topological polar surface area (TPSA) is 60.9 Å². The number of carbonyl (C=O) groups excluding carboxylic acids is 1. The van der Waals surface area contributed by atoms with Crippen LogP contribution in [0, 0.1) is 11.8 Å². The number of amides is 2. The first-order valence-corrected chi connectivity index (χ1v) is 8.42. The fraction of sp³-hybridized carbons (Fsp3) is 0.875. The standard InChI is InChI=1S/C16H26N2O3/c19-15(20)6-5-12-7-9-17(11-12)16(21)18-10-8-13-3-1-2-4-14(13)18/h12-14H,1-11H2,(H,19,20). The SMILES string of the molecule is O=C(O)CCC1CCN(C(=O)N2CCC3CCCCC32)C1. The van der Waals surface area contributed by atoms with Gasteiger partial charge in [-0.1, -0.05) is 12.8 Å². The number of hydrogen-bond acceptors (Lipinski definition) is 2. The van der Waals surface area contributed by atoms with Crippen LogP contribution in [0.4, 0.5) is 4.79 Å². The number of urea groups is 1. The molecule has 0 aromatic carbocycles. The molecule has 2 aliphatic heterocycles. The molecule has 0 radical (unpaired) electrons. The Morgan fingerprint density at radius 2 is 1.86 bits per heavy atom. The number of nitrogens with zero attached hydrogens (tertiary/aromatic N) is 2. The van der Waals surface area contributed by atoms with Crippen LogP contribution in [0.5, 0.6) is 0 Å². The first-order valence-electron chi connectivity index (χ1n) is 8.42. The van der Waals surface area contributed by atoms with E-state index in [2.05, 4.69) is 4.90 Å². The van der Waals surface area contributed by atoms with Gasteiger partial charge in [-0.3, -0.25) is 4.79 Å². The number of hydrogen-bond donors (Lipinski definition) is 1. The highest BCUT2D eigenvalue weighted by Crippen LogP contribution is 2.37. The summed E-state index contributed by atoms with van der Waals surface area (Å²) >= 11 is 0. The van der Waals surface area contributed by atoms with Crippen LogP contribution in [-0.2, 0) is 4.79 Å². The third kappa shape index (κ3) is 3.16. The van der Waals surface area contributed by atoms with E-state index < -0.39 is 5.97 Å². The summed E-state index contributed by atoms with van der Waals surface area (Å²) in [5.41, 5.74) is 0. The predicted octanol–water partition coefficient (Wildman–Crippen LogP) is 2.56. The number of aliphatic carboxylic acids is 1. The van der Waals surface area contributed by atoms with Crippen molar-refractivity contribution in [2.75, 3.05) is 19.6 Å². The fourth-order valence-corrected chi connectivity index (χ4v) is 4.39. The summed E-state index contributed by atoms with van der Waals surface area (Å²) < 4.78 is 0. The monoisotopic (exact) mass is 294 g/mol. The molecule has 1 saturated carbocycles. The summed E-state index contributed by atoms with van der Waals surface area (Å²) in [5, 5.41) is 8.76. The minimum Gasteiger partial charge on any atom is -0.481 e. The molecule has 3 unspecified atom stereocenters. The van der Waals surface area contributed by atoms with E-state index in [1.54, 1.807) is 0 Å². The molecule has 1 aliphatic carbocycles. The minimum atomic E-state index is -0.732. The molecular weight excluding hydrogens is 268 g/mol. The molecule has 5 heteroatoms. The van der Waals surface area contributed by atoms with Crippen LogP contribution in [0.3, 0.4) is 0 Å². The Hall–Kier alpha value is -1.26. The highest BCUT2D eigenvalue weighted by Gasteiger charge is 2.40. The molecule has 21 heavy (non-hydrogen) atoms. The van der Waals surface area contributed by atoms with Crippen molar-refractivity contribution in [3.63, 3.8) is 0 Å². The van der Waals surface area contributed by atoms with E-state index in [4.69, 9.17) is 5.11 Å². The quantitative estimate of drug-likeness (QED) is 0.870. The number of fused-ring (bicyclic) bond motifs is 1. The largest absolute Gasteiger partial charge is 0.481 e. The average molecular weight is 294 g/mol. The molecule has 2 amide bonds. The van der Waals surface area contributed by atoms with Crippen LogP contribution < -0.4 is 0 Å². The molecule has 0 spiro atoms. The third-order valence-electron chi connectivity index (χ3n) is 5.58. The van der Waals surface area contributed by atoms with Crippen LogP contribution >= 0.6 is 0 Å². The molecule has 0 aromatic heterocycles. The van der Waals surface area contributed by atoms with Crippen molar-refractivity contribution in [3.8, 4) is 0 Å². The van der Waals surface area contributed by atoms with Crippen molar-refractivity contribution >= 4 is 12.0 Å². The zero-order valence-corrected chi connectivity index (χ0v) is 12.7. The van der Waals surface area contributed by atoms with Crippen LogP contribution in [0.1, 0.15) is 51.4 Å². The third-order valence-corrected chi connectivity index (χ3v) is 5.58. The molecule has 0 bridgehead atoms. The Bertz CT molecular complexity index is 412. The van der Waals surface area contributed by atoms with E-state index in [-0.39, 0.29) is 12.5 Å². The molecular formula is C16H26N2O3. The summed E-state index contributed by atoms with van der Waals surface area (Å²) in [7, 11) is 0. The van der Waals surface area contributed by atoms with Crippen molar-refractivity contribution < 1.29 is 14.7 Å². The molecule has 3 aliphatic rings. The van der Waals surface area contributed by atoms with Gasteiger partial charge in [-0.2, -0.15) is 0 Å². The van der Waals surface area contributed by atoms with Gasteiger partial charge >= 0.3 is 12.0 Å². The van der Waals surface area contributed by atoms with Gasteiger partial charge in [0.05, 0.1) is 0 Å². The summed E-state index contributed by atoms with van der Waals surface area (Å²) in [5.74, 6) is 0.368. The Kier molecular flexibility index (Phi) is 4.36. The zero-order valence-electron chi connectivity index (χ0n) is 12.7. The van der Waals surface area contributed by atoms with E-state index in [0.29, 0.717) is 18.4 Å². The molecule has 2 saturated heterocycles. The summed E-state index contributed by atoms with van der Waals surface area (Å²) in [6.07, 6.45) is 8.10. The first-order chi connectivity index (χ1) is 10.1. The van der Waals surface area contributed by atoms with Gasteiger partial charge in [0.15, 0.2) is 0 Å². The second-order valence-corrected chi connectivity index (χ2v) is 6.91. The molecule has 1 N–H and O–H groups in total. The van der Waals surface area contributed by atoms with Gasteiger partial charge in [-0.05, 0) is 43.9 Å². The van der Waals surface area contributed by atoms with E-state index >= 15 is 0 Å². The van der Waals surface area contributed by atoms with E-state index in [1.165, 1.54) is 32.1 Å². The summed E-state index contributed by atoms with van der Waals surface area (Å²) in [6.45, 7) is 2.47. The highest BCUT2D eigenvalue weighted by molar-refractivity contribution is 5.75. The predicted molar refractivity (Wildman–Crippen MR) is 79.0 cm³/mol. The maximum Gasteiger partial charge on any atom is 0.320 e. The maximum atomic E-state index is 12.7. The van der Waals surface area contributed by atoms with E-state index in [0.717, 1.165) is 32.0 Å². The van der Waals surface area contributed by atoms with Crippen LogP contribution in [0.15, 0.2) is 0 Å². The van der Waals surface area contributed by atoms with Crippen molar-refractivity contribution in [1.29, 1.82) is 0 Å². The molecule has 3 rings (SSSR count). The smallest absolute Gasteiger partial charge is 0.320 e. The second kappa shape index (κ2) is 6.24. The van der Waals surface area contributed by atoms with Crippen LogP contribution in [0.2, 0.25) is 0 Å². The van der Waals surface area contributed by atoms with Gasteiger partial charge in [-0.25, -0.2) is 4.79 Å². The van der Waals surface area contributed by atoms with Gasteiger partial charge < -0.3 is 14.9 Å². The number of carboxylic acids is 1. The Morgan fingerprint density at radius 1 is 1.05 bits per heavy atom. The number of carboxylic acid groups (broad SMARTS) is 1. The van der Waals surface area contributed by atoms with E-state index in [1.807, 2.05) is 4.90 Å². The Balaban J connectivity index is 1.53. The number of rotatable bonds is 3. The number of carbonyl (C=O) groups is 2. The van der Waals surface area contributed by atoms with Gasteiger partial charge in [0, 0.05) is 32.1 Å². The zero-order chi connectivity index (χ0) is 14.8. The van der Waals surface area contributed by atoms with Crippen molar-refractivity contribution in [3.05, 3.63) is 0 Å². The fourth-order valence-electron chi connectivity index (χ4n) is 4.39. The normalized spacial score (nSPS) is 32.3. The second-order valence-electron chi connectivity index (χ2n) is 6.91. The van der Waals surface area contributed by atoms with Crippen molar-refractivity contribution in [1.82, 2.24) is 9.80 Å². The van der Waals surface area contributed by atoms with Crippen LogP contribution in [-0.4, -0.2) is 52.6 Å². The molecule has 0 aromatic rings. The number of likely N-dealkylation sites (tertiary alicyclic amines) is 2. The Morgan fingerprint density at radius 3 is 2.67 bits per heavy atom. The highest BCUT2D eigenvalue weighted by atomic mass is 16.4. The summed E-state index contributed by atoms with van der Waals surface area (Å²) in [6, 6.07) is 0.687. The molecule has 5 nitrogen and oxygen atoms in total. The molecule has 3 atom stereocenters. The molecule has 2 heterocycles. The molecule has 3 fully saturated rings. The lowest BCUT2D eigenvalue weighted by Gasteiger charge is -2.34. The van der Waals surface area contributed by atoms with Crippen LogP contribution in [0.25, 0.3) is 0 Å². The van der Waals surface area contributed by atoms with Crippen molar-refractivity contribution in [2.45, 2.75) is 57.4 Å². The lowest BCUT2D eigenvalue weighted by Crippen LogP contribution is -2.46. The lowest BCUT2D eigenvalue weighted by molar-refractivity contribution is -0.137. The lowest BCUT2D eigenvalue weighted by atomic mass is 9.85. The average Bonchev–Trinajstić information content (AvgIpc) is 3.11. The van der Waals surface area contributed by atoms with Gasteiger partial charge in [-0.15, -0.1) is 0 Å². The molecule has 118 valence electrons. The minimum absolute atomic E-state index is 0.210. The van der Waals surface area contributed by atoms with Gasteiger partial charge in [0.2, 0.25) is 0 Å². The van der Waals surface area contributed by atoms with E-state index in [9.17, 15) is 9.59 Å². The maximum absolute atomic E-state index is 12.7. The Labute approximate surface area is 126 Å². The summed E-state index contributed by atoms with van der Waals surface area (Å²) in [4.78, 5) is 27.4.